The highest BCUT2D eigenvalue weighted by Gasteiger charge is 2.20. The third kappa shape index (κ3) is 5.52. The van der Waals surface area contributed by atoms with Crippen molar-refractivity contribution in [2.45, 2.75) is 37.1 Å². The summed E-state index contributed by atoms with van der Waals surface area (Å²) in [5.74, 6) is 1.07. The lowest BCUT2D eigenvalue weighted by Gasteiger charge is -2.28. The molecular weight excluding hydrogens is 232 g/mol. The molecule has 1 aromatic rings. The number of aromatic nitrogens is 1. The number of hydrogen-bond donors (Lipinski definition) is 2. The first-order valence-electron chi connectivity index (χ1n) is 6.09. The second kappa shape index (κ2) is 7.69. The van der Waals surface area contributed by atoms with Gasteiger partial charge in [-0.1, -0.05) is 6.92 Å². The van der Waals surface area contributed by atoms with Crippen molar-refractivity contribution < 1.29 is 5.11 Å². The van der Waals surface area contributed by atoms with Crippen LogP contribution in [-0.4, -0.2) is 34.5 Å². The Morgan fingerprint density at radius 2 is 2.12 bits per heavy atom. The van der Waals surface area contributed by atoms with Gasteiger partial charge in [-0.25, -0.2) is 0 Å². The summed E-state index contributed by atoms with van der Waals surface area (Å²) in [6.07, 6.45) is 5.73. The second-order valence-electron chi connectivity index (χ2n) is 4.38. The smallest absolute Gasteiger partial charge is 0.0610 e. The van der Waals surface area contributed by atoms with Gasteiger partial charge in [0, 0.05) is 22.8 Å². The third-order valence-corrected chi connectivity index (χ3v) is 3.84. The molecule has 0 aliphatic carbocycles. The molecule has 96 valence electrons. The summed E-state index contributed by atoms with van der Waals surface area (Å²) in [5.41, 5.74) is -0.131. The van der Waals surface area contributed by atoms with Gasteiger partial charge >= 0.3 is 0 Å². The summed E-state index contributed by atoms with van der Waals surface area (Å²) in [5, 5.41) is 12.7. The first kappa shape index (κ1) is 14.5. The molecule has 1 aromatic heterocycles. The number of pyridine rings is 1. The van der Waals surface area contributed by atoms with E-state index in [1.54, 1.807) is 0 Å². The van der Waals surface area contributed by atoms with Gasteiger partial charge in [0.05, 0.1) is 6.61 Å². The van der Waals surface area contributed by atoms with Crippen molar-refractivity contribution in [3.8, 4) is 0 Å². The van der Waals surface area contributed by atoms with Gasteiger partial charge in [0.15, 0.2) is 0 Å². The van der Waals surface area contributed by atoms with Crippen LogP contribution in [0.4, 0.5) is 0 Å². The summed E-state index contributed by atoms with van der Waals surface area (Å²) in [6.45, 7) is 5.24. The van der Waals surface area contributed by atoms with Crippen molar-refractivity contribution in [3.63, 3.8) is 0 Å². The molecule has 0 radical (unpaired) electrons. The van der Waals surface area contributed by atoms with E-state index in [4.69, 9.17) is 0 Å². The van der Waals surface area contributed by atoms with Crippen molar-refractivity contribution in [2.75, 3.05) is 18.9 Å². The van der Waals surface area contributed by atoms with Gasteiger partial charge < -0.3 is 10.4 Å². The maximum atomic E-state index is 9.36. The topological polar surface area (TPSA) is 45.1 Å². The normalized spacial score (nSPS) is 14.5. The highest BCUT2D eigenvalue weighted by atomic mass is 32.2. The van der Waals surface area contributed by atoms with Gasteiger partial charge in [0.1, 0.15) is 0 Å². The zero-order valence-corrected chi connectivity index (χ0v) is 11.5. The Morgan fingerprint density at radius 3 is 2.71 bits per heavy atom. The SMILES string of the molecule is CCNC(C)(CO)CCCSc1ccncc1. The lowest BCUT2D eigenvalue weighted by Crippen LogP contribution is -2.45. The van der Waals surface area contributed by atoms with Gasteiger partial charge in [-0.15, -0.1) is 11.8 Å². The minimum Gasteiger partial charge on any atom is -0.394 e. The summed E-state index contributed by atoms with van der Waals surface area (Å²) in [7, 11) is 0. The summed E-state index contributed by atoms with van der Waals surface area (Å²) in [4.78, 5) is 5.25. The highest BCUT2D eigenvalue weighted by molar-refractivity contribution is 7.99. The van der Waals surface area contributed by atoms with Crippen LogP contribution in [0.15, 0.2) is 29.4 Å². The first-order chi connectivity index (χ1) is 8.20. The number of hydrogen-bond acceptors (Lipinski definition) is 4. The Bertz CT molecular complexity index is 308. The quantitative estimate of drug-likeness (QED) is 0.552. The molecule has 0 saturated heterocycles. The van der Waals surface area contributed by atoms with Crippen LogP contribution in [0.25, 0.3) is 0 Å². The Morgan fingerprint density at radius 1 is 1.41 bits per heavy atom. The Hall–Kier alpha value is -0.580. The average molecular weight is 254 g/mol. The molecular formula is C13H22N2OS. The van der Waals surface area contributed by atoms with Gasteiger partial charge in [-0.2, -0.15) is 0 Å². The summed E-state index contributed by atoms with van der Waals surface area (Å²) in [6, 6.07) is 4.06. The predicted octanol–water partition coefficient (Wildman–Crippen LogP) is 2.31. The zero-order valence-electron chi connectivity index (χ0n) is 10.6. The zero-order chi connectivity index (χ0) is 12.6. The maximum Gasteiger partial charge on any atom is 0.0610 e. The van der Waals surface area contributed by atoms with Crippen molar-refractivity contribution in [1.82, 2.24) is 10.3 Å². The van der Waals surface area contributed by atoms with E-state index in [9.17, 15) is 5.11 Å². The summed E-state index contributed by atoms with van der Waals surface area (Å²) < 4.78 is 0. The monoisotopic (exact) mass is 254 g/mol. The molecule has 1 heterocycles. The molecule has 0 saturated carbocycles. The molecule has 0 bridgehead atoms. The predicted molar refractivity (Wildman–Crippen MR) is 73.4 cm³/mol. The lowest BCUT2D eigenvalue weighted by atomic mass is 9.97. The van der Waals surface area contributed by atoms with Crippen LogP contribution in [0.2, 0.25) is 0 Å². The molecule has 4 heteroatoms. The number of nitrogens with one attached hydrogen (secondary N) is 1. The maximum absolute atomic E-state index is 9.36. The summed E-state index contributed by atoms with van der Waals surface area (Å²) >= 11 is 1.84. The molecule has 1 rings (SSSR count). The Kier molecular flexibility index (Phi) is 6.55. The van der Waals surface area contributed by atoms with E-state index in [2.05, 4.69) is 24.1 Å². The minimum atomic E-state index is -0.131. The number of nitrogens with zero attached hydrogens (tertiary/aromatic N) is 1. The largest absolute Gasteiger partial charge is 0.394 e. The molecule has 2 N–H and O–H groups in total. The van der Waals surface area contributed by atoms with E-state index < -0.39 is 0 Å². The standard InChI is InChI=1S/C13H22N2OS/c1-3-15-13(2,11-16)7-4-10-17-12-5-8-14-9-6-12/h5-6,8-9,15-16H,3-4,7,10-11H2,1-2H3. The third-order valence-electron chi connectivity index (χ3n) is 2.74. The van der Waals surface area contributed by atoms with Crippen LogP contribution in [0, 0.1) is 0 Å². The Balaban J connectivity index is 2.23. The van der Waals surface area contributed by atoms with Crippen LogP contribution < -0.4 is 5.32 Å². The molecule has 1 atom stereocenters. The molecule has 0 aliphatic rings. The number of rotatable bonds is 8. The van der Waals surface area contributed by atoms with Crippen molar-refractivity contribution in [2.24, 2.45) is 0 Å². The van der Waals surface area contributed by atoms with Gasteiger partial charge in [-0.3, -0.25) is 4.98 Å². The van der Waals surface area contributed by atoms with Crippen molar-refractivity contribution >= 4 is 11.8 Å². The molecule has 3 nitrogen and oxygen atoms in total. The number of aliphatic hydroxyl groups excluding tert-OH is 1. The molecule has 0 amide bonds. The molecule has 0 spiro atoms. The Labute approximate surface area is 108 Å². The fraction of sp³-hybridized carbons (Fsp3) is 0.615. The molecule has 17 heavy (non-hydrogen) atoms. The van der Waals surface area contributed by atoms with E-state index in [0.717, 1.165) is 25.1 Å². The molecule has 0 aliphatic heterocycles. The lowest BCUT2D eigenvalue weighted by molar-refractivity contribution is 0.167. The van der Waals surface area contributed by atoms with E-state index in [1.807, 2.05) is 36.3 Å². The fourth-order valence-corrected chi connectivity index (χ4v) is 2.58. The van der Waals surface area contributed by atoms with E-state index >= 15 is 0 Å². The molecule has 0 aromatic carbocycles. The van der Waals surface area contributed by atoms with Crippen LogP contribution in [0.1, 0.15) is 26.7 Å². The average Bonchev–Trinajstić information content (AvgIpc) is 2.36. The van der Waals surface area contributed by atoms with Crippen LogP contribution in [0.3, 0.4) is 0 Å². The number of likely N-dealkylation sites (N-methyl/N-ethyl adjacent to an activating group) is 1. The fourth-order valence-electron chi connectivity index (χ4n) is 1.74. The second-order valence-corrected chi connectivity index (χ2v) is 5.55. The number of thioether (sulfide) groups is 1. The van der Waals surface area contributed by atoms with Crippen LogP contribution in [-0.2, 0) is 0 Å². The van der Waals surface area contributed by atoms with Gasteiger partial charge in [-0.05, 0) is 44.2 Å². The molecule has 1 unspecified atom stereocenters. The van der Waals surface area contributed by atoms with Gasteiger partial charge in [0.2, 0.25) is 0 Å². The molecule has 0 fully saturated rings. The highest BCUT2D eigenvalue weighted by Crippen LogP contribution is 2.20. The van der Waals surface area contributed by atoms with Crippen LogP contribution in [0.5, 0.6) is 0 Å². The first-order valence-corrected chi connectivity index (χ1v) is 7.07. The van der Waals surface area contributed by atoms with Crippen molar-refractivity contribution in [1.29, 1.82) is 0 Å². The van der Waals surface area contributed by atoms with E-state index in [-0.39, 0.29) is 12.1 Å². The number of aliphatic hydroxyl groups is 1. The van der Waals surface area contributed by atoms with E-state index in [1.165, 1.54) is 4.90 Å². The van der Waals surface area contributed by atoms with Gasteiger partial charge in [0.25, 0.3) is 0 Å². The van der Waals surface area contributed by atoms with E-state index in [0.29, 0.717) is 0 Å². The van der Waals surface area contributed by atoms with Crippen molar-refractivity contribution in [3.05, 3.63) is 24.5 Å². The van der Waals surface area contributed by atoms with Crippen LogP contribution >= 0.6 is 11.8 Å². The minimum absolute atomic E-state index is 0.131.